The molecular formula is C17H22N4O2. The Hall–Kier alpha value is -2.47. The van der Waals surface area contributed by atoms with Crippen molar-refractivity contribution in [3.63, 3.8) is 0 Å². The summed E-state index contributed by atoms with van der Waals surface area (Å²) >= 11 is 0. The SMILES string of the molecule is CCN[C@H](C)CNC(=O)c1ccc(=O)n(Cc2ccccc2)n1. The Kier molecular flexibility index (Phi) is 6.05. The molecule has 0 saturated carbocycles. The number of aromatic nitrogens is 2. The molecule has 2 aromatic rings. The zero-order valence-corrected chi connectivity index (χ0v) is 13.5. The van der Waals surface area contributed by atoms with Crippen LogP contribution >= 0.6 is 0 Å². The molecule has 0 aliphatic rings. The molecule has 0 aliphatic heterocycles. The van der Waals surface area contributed by atoms with E-state index in [1.807, 2.05) is 44.2 Å². The van der Waals surface area contributed by atoms with Gasteiger partial charge in [-0.15, -0.1) is 0 Å². The van der Waals surface area contributed by atoms with Gasteiger partial charge in [0, 0.05) is 18.7 Å². The fourth-order valence-electron chi connectivity index (χ4n) is 2.20. The molecule has 6 heteroatoms. The van der Waals surface area contributed by atoms with E-state index in [0.717, 1.165) is 12.1 Å². The highest BCUT2D eigenvalue weighted by molar-refractivity contribution is 5.92. The molecular weight excluding hydrogens is 292 g/mol. The van der Waals surface area contributed by atoms with E-state index >= 15 is 0 Å². The first-order valence-corrected chi connectivity index (χ1v) is 7.74. The fraction of sp³-hybridized carbons (Fsp3) is 0.353. The molecule has 0 unspecified atom stereocenters. The molecule has 1 aromatic carbocycles. The molecule has 0 aliphatic carbocycles. The Balaban J connectivity index is 2.07. The van der Waals surface area contributed by atoms with Gasteiger partial charge in [0.1, 0.15) is 5.69 Å². The van der Waals surface area contributed by atoms with Crippen molar-refractivity contribution in [2.75, 3.05) is 13.1 Å². The highest BCUT2D eigenvalue weighted by Crippen LogP contribution is 2.00. The number of carbonyl (C=O) groups excluding carboxylic acids is 1. The molecule has 0 saturated heterocycles. The third kappa shape index (κ3) is 5.03. The van der Waals surface area contributed by atoms with Crippen LogP contribution < -0.4 is 16.2 Å². The minimum Gasteiger partial charge on any atom is -0.349 e. The lowest BCUT2D eigenvalue weighted by Gasteiger charge is -2.13. The Morgan fingerprint density at radius 1 is 1.22 bits per heavy atom. The van der Waals surface area contributed by atoms with Gasteiger partial charge in [0.2, 0.25) is 0 Å². The highest BCUT2D eigenvalue weighted by Gasteiger charge is 2.11. The minimum absolute atomic E-state index is 0.180. The van der Waals surface area contributed by atoms with Gasteiger partial charge in [-0.25, -0.2) is 4.68 Å². The molecule has 0 bridgehead atoms. The van der Waals surface area contributed by atoms with E-state index in [9.17, 15) is 9.59 Å². The number of nitrogens with one attached hydrogen (secondary N) is 2. The molecule has 1 aromatic heterocycles. The zero-order chi connectivity index (χ0) is 16.7. The number of likely N-dealkylation sites (N-methyl/N-ethyl adjacent to an activating group) is 1. The number of hydrogen-bond acceptors (Lipinski definition) is 4. The topological polar surface area (TPSA) is 76.0 Å². The summed E-state index contributed by atoms with van der Waals surface area (Å²) in [6, 6.07) is 12.6. The second kappa shape index (κ2) is 8.24. The highest BCUT2D eigenvalue weighted by atomic mass is 16.2. The summed E-state index contributed by atoms with van der Waals surface area (Å²) < 4.78 is 1.30. The van der Waals surface area contributed by atoms with Crippen LogP contribution in [0.1, 0.15) is 29.9 Å². The predicted molar refractivity (Wildman–Crippen MR) is 89.5 cm³/mol. The average molecular weight is 314 g/mol. The summed E-state index contributed by atoms with van der Waals surface area (Å²) in [6.07, 6.45) is 0. The molecule has 2 N–H and O–H groups in total. The van der Waals surface area contributed by atoms with Crippen molar-refractivity contribution in [2.24, 2.45) is 0 Å². The van der Waals surface area contributed by atoms with E-state index in [2.05, 4.69) is 15.7 Å². The monoisotopic (exact) mass is 314 g/mol. The van der Waals surface area contributed by atoms with Crippen molar-refractivity contribution in [3.05, 3.63) is 64.1 Å². The molecule has 2 rings (SSSR count). The molecule has 0 radical (unpaired) electrons. The quantitative estimate of drug-likeness (QED) is 0.800. The second-order valence-electron chi connectivity index (χ2n) is 5.37. The Morgan fingerprint density at radius 3 is 2.65 bits per heavy atom. The summed E-state index contributed by atoms with van der Waals surface area (Å²) in [5, 5.41) is 10.2. The van der Waals surface area contributed by atoms with Crippen LogP contribution in [0, 0.1) is 0 Å². The van der Waals surface area contributed by atoms with E-state index in [4.69, 9.17) is 0 Å². The fourth-order valence-corrected chi connectivity index (χ4v) is 2.20. The Labute approximate surface area is 135 Å². The molecule has 23 heavy (non-hydrogen) atoms. The number of hydrogen-bond donors (Lipinski definition) is 2. The van der Waals surface area contributed by atoms with Crippen LogP contribution in [0.25, 0.3) is 0 Å². The smallest absolute Gasteiger partial charge is 0.271 e. The standard InChI is InChI=1S/C17H22N4O2/c1-3-18-13(2)11-19-17(23)15-9-10-16(22)21(20-15)12-14-7-5-4-6-8-14/h4-10,13,18H,3,11-12H2,1-2H3,(H,19,23)/t13-/m1/s1. The van der Waals surface area contributed by atoms with Gasteiger partial charge in [0.15, 0.2) is 0 Å². The van der Waals surface area contributed by atoms with E-state index in [0.29, 0.717) is 13.1 Å². The van der Waals surface area contributed by atoms with Crippen LogP contribution in [0.4, 0.5) is 0 Å². The Bertz CT molecular complexity index is 697. The van der Waals surface area contributed by atoms with E-state index in [1.165, 1.54) is 16.8 Å². The van der Waals surface area contributed by atoms with Crippen LogP contribution in [0.5, 0.6) is 0 Å². The van der Waals surface area contributed by atoms with Crippen LogP contribution in [-0.2, 0) is 6.54 Å². The number of nitrogens with zero attached hydrogens (tertiary/aromatic N) is 2. The summed E-state index contributed by atoms with van der Waals surface area (Å²) in [4.78, 5) is 24.1. The lowest BCUT2D eigenvalue weighted by atomic mass is 10.2. The van der Waals surface area contributed by atoms with Gasteiger partial charge in [0.25, 0.3) is 11.5 Å². The number of benzene rings is 1. The maximum Gasteiger partial charge on any atom is 0.271 e. The largest absolute Gasteiger partial charge is 0.349 e. The first-order valence-electron chi connectivity index (χ1n) is 7.74. The minimum atomic E-state index is -0.281. The molecule has 122 valence electrons. The Morgan fingerprint density at radius 2 is 1.96 bits per heavy atom. The van der Waals surface area contributed by atoms with Gasteiger partial charge in [-0.05, 0) is 25.1 Å². The van der Waals surface area contributed by atoms with Crippen LogP contribution in [0.3, 0.4) is 0 Å². The maximum atomic E-state index is 12.2. The summed E-state index contributed by atoms with van der Waals surface area (Å²) in [7, 11) is 0. The van der Waals surface area contributed by atoms with Gasteiger partial charge < -0.3 is 10.6 Å². The second-order valence-corrected chi connectivity index (χ2v) is 5.37. The average Bonchev–Trinajstić information content (AvgIpc) is 2.56. The van der Waals surface area contributed by atoms with Gasteiger partial charge >= 0.3 is 0 Å². The van der Waals surface area contributed by atoms with E-state index < -0.39 is 0 Å². The van der Waals surface area contributed by atoms with Gasteiger partial charge in [0.05, 0.1) is 6.54 Å². The van der Waals surface area contributed by atoms with Crippen molar-refractivity contribution >= 4 is 5.91 Å². The molecule has 6 nitrogen and oxygen atoms in total. The first kappa shape index (κ1) is 16.9. The maximum absolute atomic E-state index is 12.2. The third-order valence-electron chi connectivity index (χ3n) is 3.40. The normalized spacial score (nSPS) is 11.9. The van der Waals surface area contributed by atoms with Crippen molar-refractivity contribution in [2.45, 2.75) is 26.4 Å². The number of carbonyl (C=O) groups is 1. The summed E-state index contributed by atoms with van der Waals surface area (Å²) in [5.41, 5.74) is 0.969. The molecule has 0 fully saturated rings. The van der Waals surface area contributed by atoms with Crippen molar-refractivity contribution < 1.29 is 4.79 Å². The molecule has 0 spiro atoms. The molecule has 1 amide bonds. The van der Waals surface area contributed by atoms with Crippen LogP contribution in [0.15, 0.2) is 47.3 Å². The van der Waals surface area contributed by atoms with E-state index in [-0.39, 0.29) is 23.2 Å². The van der Waals surface area contributed by atoms with Crippen LogP contribution in [0.2, 0.25) is 0 Å². The third-order valence-corrected chi connectivity index (χ3v) is 3.40. The van der Waals surface area contributed by atoms with Crippen molar-refractivity contribution in [1.82, 2.24) is 20.4 Å². The van der Waals surface area contributed by atoms with E-state index in [1.54, 1.807) is 0 Å². The predicted octanol–water partition coefficient (Wildman–Crippen LogP) is 1.02. The first-order chi connectivity index (χ1) is 11.1. The summed E-state index contributed by atoms with van der Waals surface area (Å²) in [5.74, 6) is -0.281. The summed E-state index contributed by atoms with van der Waals surface area (Å²) in [6.45, 7) is 5.70. The molecule has 1 atom stereocenters. The zero-order valence-electron chi connectivity index (χ0n) is 13.5. The number of amides is 1. The van der Waals surface area contributed by atoms with Crippen LogP contribution in [-0.4, -0.2) is 34.8 Å². The lowest BCUT2D eigenvalue weighted by Crippen LogP contribution is -2.39. The molecule has 1 heterocycles. The van der Waals surface area contributed by atoms with Crippen molar-refractivity contribution in [3.8, 4) is 0 Å². The van der Waals surface area contributed by atoms with Gasteiger partial charge in [-0.3, -0.25) is 9.59 Å². The van der Waals surface area contributed by atoms with Crippen molar-refractivity contribution in [1.29, 1.82) is 0 Å². The van der Waals surface area contributed by atoms with Gasteiger partial charge in [-0.1, -0.05) is 37.3 Å². The number of rotatable bonds is 7. The lowest BCUT2D eigenvalue weighted by molar-refractivity contribution is 0.0942. The van der Waals surface area contributed by atoms with Gasteiger partial charge in [-0.2, -0.15) is 5.10 Å².